The normalized spacial score (nSPS) is 11.8. The largest absolute Gasteiger partial charge is 0.460 e. The SMILES string of the molecule is CC(=O)OCc1sc2ccc(OC(C)=O)c3c2c1-c1cccc(OC(C)=O)c1C3=O. The van der Waals surface area contributed by atoms with Crippen LogP contribution in [0.1, 0.15) is 41.6 Å². The molecular formula is C22H16O7S. The lowest BCUT2D eigenvalue weighted by atomic mass is 9.83. The van der Waals surface area contributed by atoms with E-state index in [2.05, 4.69) is 0 Å². The Morgan fingerprint density at radius 1 is 0.833 bits per heavy atom. The highest BCUT2D eigenvalue weighted by atomic mass is 32.1. The van der Waals surface area contributed by atoms with Crippen molar-refractivity contribution in [1.82, 2.24) is 0 Å². The zero-order chi connectivity index (χ0) is 21.6. The van der Waals surface area contributed by atoms with E-state index in [1.807, 2.05) is 0 Å². The summed E-state index contributed by atoms with van der Waals surface area (Å²) in [6.07, 6.45) is 0. The van der Waals surface area contributed by atoms with Crippen LogP contribution in [0.2, 0.25) is 0 Å². The summed E-state index contributed by atoms with van der Waals surface area (Å²) in [5, 5.41) is 0.623. The van der Waals surface area contributed by atoms with Gasteiger partial charge in [-0.05, 0) is 23.8 Å². The summed E-state index contributed by atoms with van der Waals surface area (Å²) in [6.45, 7) is 3.85. The maximum absolute atomic E-state index is 13.5. The highest BCUT2D eigenvalue weighted by Gasteiger charge is 2.34. The molecule has 0 aliphatic heterocycles. The van der Waals surface area contributed by atoms with Gasteiger partial charge < -0.3 is 14.2 Å². The maximum atomic E-state index is 13.5. The second kappa shape index (κ2) is 7.38. The van der Waals surface area contributed by atoms with Crippen molar-refractivity contribution >= 4 is 45.1 Å². The number of thiophene rings is 1. The van der Waals surface area contributed by atoms with Crippen LogP contribution in [-0.2, 0) is 25.7 Å². The molecule has 2 aromatic carbocycles. The molecule has 7 nitrogen and oxygen atoms in total. The van der Waals surface area contributed by atoms with Crippen LogP contribution in [0.3, 0.4) is 0 Å². The van der Waals surface area contributed by atoms with Crippen LogP contribution in [0.15, 0.2) is 30.3 Å². The zero-order valence-corrected chi connectivity index (χ0v) is 17.2. The monoisotopic (exact) mass is 424 g/mol. The van der Waals surface area contributed by atoms with Crippen LogP contribution in [0.4, 0.5) is 0 Å². The van der Waals surface area contributed by atoms with E-state index >= 15 is 0 Å². The van der Waals surface area contributed by atoms with Gasteiger partial charge in [-0.3, -0.25) is 19.2 Å². The number of hydrogen-bond donors (Lipinski definition) is 0. The average molecular weight is 424 g/mol. The Labute approximate surface area is 175 Å². The van der Waals surface area contributed by atoms with Gasteiger partial charge in [0.2, 0.25) is 5.78 Å². The molecule has 1 heterocycles. The van der Waals surface area contributed by atoms with E-state index in [1.54, 1.807) is 24.3 Å². The van der Waals surface area contributed by atoms with E-state index in [9.17, 15) is 19.2 Å². The topological polar surface area (TPSA) is 96.0 Å². The van der Waals surface area contributed by atoms with Gasteiger partial charge in [0, 0.05) is 36.4 Å². The van der Waals surface area contributed by atoms with E-state index in [0.29, 0.717) is 16.5 Å². The molecule has 1 aliphatic rings. The van der Waals surface area contributed by atoms with Crippen LogP contribution in [0.25, 0.3) is 21.2 Å². The maximum Gasteiger partial charge on any atom is 0.308 e. The van der Waals surface area contributed by atoms with Gasteiger partial charge in [0.1, 0.15) is 18.1 Å². The Kier molecular flexibility index (Phi) is 4.87. The first-order valence-electron chi connectivity index (χ1n) is 9.04. The van der Waals surface area contributed by atoms with E-state index in [4.69, 9.17) is 14.2 Å². The van der Waals surface area contributed by atoms with Gasteiger partial charge in [0.15, 0.2) is 0 Å². The number of esters is 3. The molecule has 0 unspecified atom stereocenters. The highest BCUT2D eigenvalue weighted by Crippen LogP contribution is 2.50. The van der Waals surface area contributed by atoms with Crippen molar-refractivity contribution in [1.29, 1.82) is 0 Å². The average Bonchev–Trinajstić information content (AvgIpc) is 3.03. The number of carbonyl (C=O) groups is 4. The fraction of sp³-hybridized carbons (Fsp3) is 0.182. The van der Waals surface area contributed by atoms with Gasteiger partial charge >= 0.3 is 17.9 Å². The number of fused-ring (bicyclic) bond motifs is 2. The Bertz CT molecular complexity index is 1250. The van der Waals surface area contributed by atoms with E-state index < -0.39 is 23.7 Å². The molecule has 30 heavy (non-hydrogen) atoms. The summed E-state index contributed by atoms with van der Waals surface area (Å²) in [5.74, 6) is -1.72. The molecule has 0 atom stereocenters. The number of benzene rings is 2. The standard InChI is InChI=1S/C22H16O7S/c1-10(23)27-9-17-19-13-5-4-6-14(28-11(2)24)18(13)22(26)20-15(29-12(3)25)7-8-16(30-17)21(19)20/h4-8H,9H2,1-3H3. The number of carbonyl (C=O) groups excluding carboxylic acids is 4. The van der Waals surface area contributed by atoms with Crippen molar-refractivity contribution in [2.75, 3.05) is 0 Å². The first kappa shape index (κ1) is 19.8. The Hall–Kier alpha value is -3.52. The lowest BCUT2D eigenvalue weighted by Gasteiger charge is -2.21. The highest BCUT2D eigenvalue weighted by molar-refractivity contribution is 7.19. The van der Waals surface area contributed by atoms with Crippen molar-refractivity contribution in [3.05, 3.63) is 46.3 Å². The van der Waals surface area contributed by atoms with Gasteiger partial charge in [-0.1, -0.05) is 12.1 Å². The number of ketones is 1. The molecule has 0 saturated carbocycles. The molecule has 8 heteroatoms. The molecular weight excluding hydrogens is 408 g/mol. The molecule has 0 amide bonds. The van der Waals surface area contributed by atoms with Crippen molar-refractivity contribution in [2.45, 2.75) is 27.4 Å². The molecule has 1 aliphatic carbocycles. The molecule has 0 N–H and O–H groups in total. The molecule has 3 aromatic rings. The summed E-state index contributed by atoms with van der Waals surface area (Å²) in [7, 11) is 0. The van der Waals surface area contributed by atoms with Crippen LogP contribution < -0.4 is 9.47 Å². The van der Waals surface area contributed by atoms with Gasteiger partial charge in [-0.15, -0.1) is 11.3 Å². The lowest BCUT2D eigenvalue weighted by molar-refractivity contribution is -0.142. The number of ether oxygens (including phenoxy) is 3. The summed E-state index contributed by atoms with van der Waals surface area (Å²) in [4.78, 5) is 48.8. The molecule has 152 valence electrons. The minimum absolute atomic E-state index is 0.0256. The summed E-state index contributed by atoms with van der Waals surface area (Å²) in [6, 6.07) is 8.29. The zero-order valence-electron chi connectivity index (χ0n) is 16.4. The Balaban J connectivity index is 2.06. The first-order valence-corrected chi connectivity index (χ1v) is 9.86. The summed E-state index contributed by atoms with van der Waals surface area (Å²) < 4.78 is 16.6. The third-order valence-electron chi connectivity index (χ3n) is 4.55. The van der Waals surface area contributed by atoms with Crippen LogP contribution in [-0.4, -0.2) is 23.7 Å². The van der Waals surface area contributed by atoms with Crippen molar-refractivity contribution in [2.24, 2.45) is 0 Å². The third kappa shape index (κ3) is 3.25. The minimum Gasteiger partial charge on any atom is -0.460 e. The van der Waals surface area contributed by atoms with Crippen LogP contribution in [0.5, 0.6) is 11.5 Å². The second-order valence-electron chi connectivity index (χ2n) is 6.69. The number of hydrogen-bond acceptors (Lipinski definition) is 8. The fourth-order valence-electron chi connectivity index (χ4n) is 3.58. The van der Waals surface area contributed by atoms with Crippen molar-refractivity contribution < 1.29 is 33.4 Å². The third-order valence-corrected chi connectivity index (χ3v) is 5.68. The van der Waals surface area contributed by atoms with E-state index in [0.717, 1.165) is 9.58 Å². The summed E-state index contributed by atoms with van der Waals surface area (Å²) in [5.41, 5.74) is 1.68. The van der Waals surface area contributed by atoms with Crippen LogP contribution in [0, 0.1) is 0 Å². The molecule has 4 rings (SSSR count). The Morgan fingerprint density at radius 3 is 2.13 bits per heavy atom. The quantitative estimate of drug-likeness (QED) is 0.360. The lowest BCUT2D eigenvalue weighted by Crippen LogP contribution is -2.16. The molecule has 1 aromatic heterocycles. The molecule has 0 fully saturated rings. The van der Waals surface area contributed by atoms with Gasteiger partial charge in [-0.25, -0.2) is 0 Å². The number of rotatable bonds is 4. The first-order chi connectivity index (χ1) is 14.3. The van der Waals surface area contributed by atoms with Crippen LogP contribution >= 0.6 is 11.3 Å². The van der Waals surface area contributed by atoms with Crippen molar-refractivity contribution in [3.63, 3.8) is 0 Å². The smallest absolute Gasteiger partial charge is 0.308 e. The molecule has 0 bridgehead atoms. The molecule has 0 radical (unpaired) electrons. The van der Waals surface area contributed by atoms with Gasteiger partial charge in [0.25, 0.3) is 0 Å². The summed E-state index contributed by atoms with van der Waals surface area (Å²) >= 11 is 1.38. The van der Waals surface area contributed by atoms with Gasteiger partial charge in [0.05, 0.1) is 16.0 Å². The molecule has 0 saturated heterocycles. The molecule has 0 spiro atoms. The fourth-order valence-corrected chi connectivity index (χ4v) is 4.72. The Morgan fingerprint density at radius 2 is 1.50 bits per heavy atom. The van der Waals surface area contributed by atoms with E-state index in [-0.39, 0.29) is 29.2 Å². The van der Waals surface area contributed by atoms with Gasteiger partial charge in [-0.2, -0.15) is 0 Å². The second-order valence-corrected chi connectivity index (χ2v) is 7.82. The predicted octanol–water partition coefficient (Wildman–Crippen LogP) is 4.03. The minimum atomic E-state index is -0.564. The van der Waals surface area contributed by atoms with Crippen molar-refractivity contribution in [3.8, 4) is 22.6 Å². The van der Waals surface area contributed by atoms with E-state index in [1.165, 1.54) is 38.2 Å². The predicted molar refractivity (Wildman–Crippen MR) is 109 cm³/mol.